The third-order valence-electron chi connectivity index (χ3n) is 3.13. The second-order valence-electron chi connectivity index (χ2n) is 4.16. The molecule has 86 valence electrons. The second kappa shape index (κ2) is 3.82. The number of nitrogens with zero attached hydrogens (tertiary/aromatic N) is 1. The summed E-state index contributed by atoms with van der Waals surface area (Å²) < 4.78 is 0. The van der Waals surface area contributed by atoms with Gasteiger partial charge in [-0.05, 0) is 6.07 Å². The quantitative estimate of drug-likeness (QED) is 0.777. The number of pyridine rings is 1. The molecule has 3 rings (SSSR count). The first-order chi connectivity index (χ1) is 8.27. The van der Waals surface area contributed by atoms with Crippen LogP contribution in [0.25, 0.3) is 10.9 Å². The average molecular weight is 228 g/mol. The molecule has 0 aliphatic carbocycles. The minimum Gasteiger partial charge on any atom is -0.478 e. The highest BCUT2D eigenvalue weighted by molar-refractivity contribution is 6.04. The standard InChI is InChI=1S/C13H12N2O2/c16-13(17)12-8-3-1-2-4-10(8)15-11-5-6-14-7-9(11)12/h1-4,14H,5-7H2,(H,16,17). The van der Waals surface area contributed by atoms with Crippen molar-refractivity contribution in [3.05, 3.63) is 41.1 Å². The van der Waals surface area contributed by atoms with Gasteiger partial charge in [0.2, 0.25) is 0 Å². The van der Waals surface area contributed by atoms with Gasteiger partial charge in [0.15, 0.2) is 0 Å². The largest absolute Gasteiger partial charge is 0.478 e. The lowest BCUT2D eigenvalue weighted by molar-refractivity contribution is 0.0697. The molecule has 2 heterocycles. The molecular weight excluding hydrogens is 216 g/mol. The van der Waals surface area contributed by atoms with Crippen LogP contribution in [0.5, 0.6) is 0 Å². The summed E-state index contributed by atoms with van der Waals surface area (Å²) in [5.74, 6) is -0.872. The third kappa shape index (κ3) is 1.57. The Kier molecular flexibility index (Phi) is 2.30. The molecule has 2 N–H and O–H groups in total. The number of hydrogen-bond donors (Lipinski definition) is 2. The summed E-state index contributed by atoms with van der Waals surface area (Å²) in [6, 6.07) is 7.41. The number of para-hydroxylation sites is 1. The van der Waals surface area contributed by atoms with E-state index >= 15 is 0 Å². The Balaban J connectivity index is 2.40. The fourth-order valence-corrected chi connectivity index (χ4v) is 2.36. The van der Waals surface area contributed by atoms with Crippen LogP contribution in [-0.2, 0) is 13.0 Å². The normalized spacial score (nSPS) is 14.6. The minimum absolute atomic E-state index is 0.401. The Morgan fingerprint density at radius 3 is 3.00 bits per heavy atom. The number of fused-ring (bicyclic) bond motifs is 2. The van der Waals surface area contributed by atoms with Crippen molar-refractivity contribution in [1.29, 1.82) is 0 Å². The molecule has 0 spiro atoms. The zero-order chi connectivity index (χ0) is 11.8. The van der Waals surface area contributed by atoms with Crippen molar-refractivity contribution in [2.45, 2.75) is 13.0 Å². The molecule has 0 saturated carbocycles. The molecule has 1 aromatic carbocycles. The molecule has 1 aliphatic heterocycles. The average Bonchev–Trinajstić information content (AvgIpc) is 2.35. The molecule has 0 radical (unpaired) electrons. The fraction of sp³-hybridized carbons (Fsp3) is 0.231. The molecule has 0 fully saturated rings. The summed E-state index contributed by atoms with van der Waals surface area (Å²) in [5.41, 5.74) is 2.92. The van der Waals surface area contributed by atoms with Crippen LogP contribution in [0.2, 0.25) is 0 Å². The van der Waals surface area contributed by atoms with Crippen LogP contribution in [0, 0.1) is 0 Å². The zero-order valence-corrected chi connectivity index (χ0v) is 9.23. The Hall–Kier alpha value is -1.94. The summed E-state index contributed by atoms with van der Waals surface area (Å²) in [7, 11) is 0. The number of aromatic carboxylic acids is 1. The molecule has 1 aromatic heterocycles. The maximum absolute atomic E-state index is 11.4. The molecule has 2 aromatic rings. The van der Waals surface area contributed by atoms with Gasteiger partial charge in [-0.2, -0.15) is 0 Å². The van der Waals surface area contributed by atoms with Gasteiger partial charge < -0.3 is 10.4 Å². The minimum atomic E-state index is -0.872. The zero-order valence-electron chi connectivity index (χ0n) is 9.23. The van der Waals surface area contributed by atoms with Crippen molar-refractivity contribution in [1.82, 2.24) is 10.3 Å². The third-order valence-corrected chi connectivity index (χ3v) is 3.13. The van der Waals surface area contributed by atoms with Gasteiger partial charge in [0.25, 0.3) is 0 Å². The van der Waals surface area contributed by atoms with Crippen molar-refractivity contribution in [2.24, 2.45) is 0 Å². The molecule has 17 heavy (non-hydrogen) atoms. The maximum Gasteiger partial charge on any atom is 0.336 e. The lowest BCUT2D eigenvalue weighted by Crippen LogP contribution is -2.27. The van der Waals surface area contributed by atoms with E-state index in [-0.39, 0.29) is 0 Å². The lowest BCUT2D eigenvalue weighted by Gasteiger charge is -2.19. The number of carboxylic acids is 1. The number of carboxylic acid groups (broad SMARTS) is 1. The molecular formula is C13H12N2O2. The van der Waals surface area contributed by atoms with Crippen molar-refractivity contribution in [3.8, 4) is 0 Å². The first kappa shape index (κ1) is 10.2. The number of carbonyl (C=O) groups is 1. The van der Waals surface area contributed by atoms with Gasteiger partial charge in [-0.15, -0.1) is 0 Å². The summed E-state index contributed by atoms with van der Waals surface area (Å²) >= 11 is 0. The maximum atomic E-state index is 11.4. The topological polar surface area (TPSA) is 62.2 Å². The highest BCUT2D eigenvalue weighted by Crippen LogP contribution is 2.25. The van der Waals surface area contributed by atoms with Crippen LogP contribution in [0.1, 0.15) is 21.6 Å². The van der Waals surface area contributed by atoms with E-state index in [4.69, 9.17) is 0 Å². The summed E-state index contributed by atoms with van der Waals surface area (Å²) in [6.07, 6.45) is 0.792. The van der Waals surface area contributed by atoms with Crippen LogP contribution in [-0.4, -0.2) is 22.6 Å². The Bertz CT molecular complexity index is 608. The van der Waals surface area contributed by atoms with Gasteiger partial charge in [-0.3, -0.25) is 4.98 Å². The van der Waals surface area contributed by atoms with Crippen molar-refractivity contribution in [2.75, 3.05) is 6.54 Å². The molecule has 0 amide bonds. The summed E-state index contributed by atoms with van der Waals surface area (Å²) in [5, 5.41) is 13.3. The first-order valence-corrected chi connectivity index (χ1v) is 5.62. The van der Waals surface area contributed by atoms with Crippen molar-refractivity contribution in [3.63, 3.8) is 0 Å². The molecule has 4 heteroatoms. The van der Waals surface area contributed by atoms with E-state index < -0.39 is 5.97 Å². The van der Waals surface area contributed by atoms with E-state index in [2.05, 4.69) is 10.3 Å². The Labute approximate surface area is 98.3 Å². The van der Waals surface area contributed by atoms with Gasteiger partial charge in [0.05, 0.1) is 11.1 Å². The molecule has 4 nitrogen and oxygen atoms in total. The van der Waals surface area contributed by atoms with E-state index in [1.807, 2.05) is 24.3 Å². The lowest BCUT2D eigenvalue weighted by atomic mass is 9.97. The summed E-state index contributed by atoms with van der Waals surface area (Å²) in [4.78, 5) is 16.0. The van der Waals surface area contributed by atoms with Gasteiger partial charge in [-0.25, -0.2) is 4.79 Å². The van der Waals surface area contributed by atoms with Gasteiger partial charge in [0.1, 0.15) is 0 Å². The van der Waals surface area contributed by atoms with E-state index in [0.717, 1.165) is 35.1 Å². The van der Waals surface area contributed by atoms with E-state index in [1.165, 1.54) is 0 Å². The van der Waals surface area contributed by atoms with Crippen LogP contribution < -0.4 is 5.32 Å². The monoisotopic (exact) mass is 228 g/mol. The first-order valence-electron chi connectivity index (χ1n) is 5.62. The van der Waals surface area contributed by atoms with Gasteiger partial charge >= 0.3 is 5.97 Å². The number of rotatable bonds is 1. The van der Waals surface area contributed by atoms with E-state index in [1.54, 1.807) is 0 Å². The number of nitrogens with one attached hydrogen (secondary N) is 1. The van der Waals surface area contributed by atoms with E-state index in [9.17, 15) is 9.90 Å². The van der Waals surface area contributed by atoms with Gasteiger partial charge in [-0.1, -0.05) is 18.2 Å². The Morgan fingerprint density at radius 2 is 2.18 bits per heavy atom. The Morgan fingerprint density at radius 1 is 1.35 bits per heavy atom. The van der Waals surface area contributed by atoms with Crippen molar-refractivity contribution >= 4 is 16.9 Å². The number of benzene rings is 1. The van der Waals surface area contributed by atoms with E-state index in [0.29, 0.717) is 12.1 Å². The van der Waals surface area contributed by atoms with Crippen LogP contribution in [0.4, 0.5) is 0 Å². The highest BCUT2D eigenvalue weighted by Gasteiger charge is 2.21. The van der Waals surface area contributed by atoms with Gasteiger partial charge in [0, 0.05) is 36.2 Å². The van der Waals surface area contributed by atoms with Crippen LogP contribution in [0.3, 0.4) is 0 Å². The SMILES string of the molecule is O=C(O)c1c2c(nc3ccccc13)CCNC2. The second-order valence-corrected chi connectivity index (χ2v) is 4.16. The predicted molar refractivity (Wildman–Crippen MR) is 64.1 cm³/mol. The smallest absolute Gasteiger partial charge is 0.336 e. The number of aromatic nitrogens is 1. The van der Waals surface area contributed by atoms with Crippen LogP contribution >= 0.6 is 0 Å². The number of hydrogen-bond acceptors (Lipinski definition) is 3. The predicted octanol–water partition coefficient (Wildman–Crippen LogP) is 1.58. The molecule has 0 bridgehead atoms. The molecule has 0 unspecified atom stereocenters. The molecule has 0 saturated heterocycles. The molecule has 0 atom stereocenters. The molecule has 1 aliphatic rings. The van der Waals surface area contributed by atoms with Crippen LogP contribution in [0.15, 0.2) is 24.3 Å². The highest BCUT2D eigenvalue weighted by atomic mass is 16.4. The van der Waals surface area contributed by atoms with Crippen molar-refractivity contribution < 1.29 is 9.90 Å². The summed E-state index contributed by atoms with van der Waals surface area (Å²) in [6.45, 7) is 1.45. The fourth-order valence-electron chi connectivity index (χ4n) is 2.36.